The van der Waals surface area contributed by atoms with Crippen LogP contribution in [0.1, 0.15) is 107 Å². The van der Waals surface area contributed by atoms with E-state index < -0.39 is 29.3 Å². The fourth-order valence-electron chi connectivity index (χ4n) is 11.8. The van der Waals surface area contributed by atoms with Crippen LogP contribution >= 0.6 is 0 Å². The Bertz CT molecular complexity index is 1030. The van der Waals surface area contributed by atoms with E-state index in [1.54, 1.807) is 0 Å². The van der Waals surface area contributed by atoms with Crippen molar-refractivity contribution >= 4 is 11.8 Å². The molecule has 0 saturated heterocycles. The fourth-order valence-corrected chi connectivity index (χ4v) is 11.8. The lowest BCUT2D eigenvalue weighted by Gasteiger charge is -2.63. The number of carbonyl (C=O) groups excluding carboxylic acids is 2. The van der Waals surface area contributed by atoms with Gasteiger partial charge in [-0.05, 0) is 92.3 Å². The number of aliphatic hydroxyl groups is 4. The van der Waals surface area contributed by atoms with E-state index in [2.05, 4.69) is 20.8 Å². The molecule has 222 valence electrons. The normalized spacial score (nSPS) is 48.6. The molecule has 5 aliphatic carbocycles. The van der Waals surface area contributed by atoms with E-state index in [0.717, 1.165) is 25.7 Å². The Morgan fingerprint density at radius 1 is 1.08 bits per heavy atom. The van der Waals surface area contributed by atoms with Gasteiger partial charge >= 0.3 is 5.97 Å². The van der Waals surface area contributed by atoms with Crippen molar-refractivity contribution in [3.8, 4) is 0 Å². The molecule has 12 atom stereocenters. The second kappa shape index (κ2) is 8.75. The van der Waals surface area contributed by atoms with Crippen LogP contribution in [0.3, 0.4) is 0 Å². The maximum absolute atomic E-state index is 13.0. The summed E-state index contributed by atoms with van der Waals surface area (Å²) in [4.78, 5) is 25.3. The molecule has 7 nitrogen and oxygen atoms in total. The molecule has 0 radical (unpaired) electrons. The summed E-state index contributed by atoms with van der Waals surface area (Å²) in [6.07, 6.45) is 2.99. The van der Waals surface area contributed by atoms with Gasteiger partial charge in [0.15, 0.2) is 0 Å². The Kier molecular flexibility index (Phi) is 6.61. The average molecular weight is 549 g/mol. The quantitative estimate of drug-likeness (QED) is 0.370. The van der Waals surface area contributed by atoms with Gasteiger partial charge in [-0.2, -0.15) is 0 Å². The van der Waals surface area contributed by atoms with Crippen molar-refractivity contribution in [2.24, 2.45) is 50.7 Å². The zero-order valence-electron chi connectivity index (χ0n) is 25.3. The molecule has 0 aromatic carbocycles. The van der Waals surface area contributed by atoms with Crippen LogP contribution in [0.5, 0.6) is 0 Å². The highest BCUT2D eigenvalue weighted by Gasteiger charge is 2.84. The molecule has 5 fully saturated rings. The topological polar surface area (TPSA) is 124 Å². The monoisotopic (exact) mass is 548 g/mol. The van der Waals surface area contributed by atoms with E-state index in [4.69, 9.17) is 4.74 Å². The van der Waals surface area contributed by atoms with Gasteiger partial charge in [0, 0.05) is 30.6 Å². The summed E-state index contributed by atoms with van der Waals surface area (Å²) < 4.78 is 6.04. The van der Waals surface area contributed by atoms with Gasteiger partial charge in [-0.15, -0.1) is 0 Å². The summed E-state index contributed by atoms with van der Waals surface area (Å²) in [5, 5.41) is 43.5. The maximum Gasteiger partial charge on any atom is 0.302 e. The predicted octanol–water partition coefficient (Wildman–Crippen LogP) is 4.03. The molecular formula is C32H52O7. The first-order valence-corrected chi connectivity index (χ1v) is 15.3. The standard InChI is InChI=1S/C32H52O7/c1-17(13-20(35)26(37)28(5,6)38)24-21(39-18(2)33)15-30(8)22-14-19(34)25-27(3,4)23(36)9-10-32(25)16-31(22,32)12-11-29(24,30)7/h17,19-22,24-26,34-35,37-38H,9-16H2,1-8H3. The van der Waals surface area contributed by atoms with Gasteiger partial charge in [0.1, 0.15) is 18.0 Å². The molecule has 0 aliphatic heterocycles. The number of carbonyl (C=O) groups is 2. The van der Waals surface area contributed by atoms with Crippen molar-refractivity contribution in [2.45, 2.75) is 137 Å². The number of aliphatic hydroxyl groups excluding tert-OH is 3. The van der Waals surface area contributed by atoms with Gasteiger partial charge in [0.2, 0.25) is 0 Å². The molecule has 5 aliphatic rings. The number of ether oxygens (including phenoxy) is 1. The van der Waals surface area contributed by atoms with Crippen LogP contribution in [0.15, 0.2) is 0 Å². The van der Waals surface area contributed by atoms with Crippen LogP contribution in [-0.4, -0.2) is 62.2 Å². The number of Topliss-reactive ketones (excluding diaryl/α,β-unsaturated/α-hetero) is 1. The molecule has 0 amide bonds. The van der Waals surface area contributed by atoms with Gasteiger partial charge in [0.25, 0.3) is 0 Å². The highest BCUT2D eigenvalue weighted by Crippen LogP contribution is 2.88. The lowest BCUT2D eigenvalue weighted by atomic mass is 9.41. The van der Waals surface area contributed by atoms with Crippen LogP contribution < -0.4 is 0 Å². The van der Waals surface area contributed by atoms with E-state index in [1.165, 1.54) is 20.8 Å². The Morgan fingerprint density at radius 3 is 2.31 bits per heavy atom. The van der Waals surface area contributed by atoms with E-state index in [1.807, 2.05) is 13.8 Å². The van der Waals surface area contributed by atoms with Crippen LogP contribution in [0, 0.1) is 50.7 Å². The Hall–Kier alpha value is -1.02. The lowest BCUT2D eigenvalue weighted by molar-refractivity contribution is -0.184. The number of ketones is 1. The second-order valence-electron chi connectivity index (χ2n) is 16.1. The smallest absolute Gasteiger partial charge is 0.302 e. The van der Waals surface area contributed by atoms with Crippen molar-refractivity contribution in [3.63, 3.8) is 0 Å². The molecule has 0 bridgehead atoms. The highest BCUT2D eigenvalue weighted by molar-refractivity contribution is 5.86. The van der Waals surface area contributed by atoms with E-state index >= 15 is 0 Å². The van der Waals surface area contributed by atoms with Gasteiger partial charge in [0.05, 0.1) is 17.8 Å². The molecule has 4 N–H and O–H groups in total. The largest absolute Gasteiger partial charge is 0.462 e. The molecule has 5 rings (SSSR count). The third kappa shape index (κ3) is 3.81. The third-order valence-electron chi connectivity index (χ3n) is 13.5. The van der Waals surface area contributed by atoms with E-state index in [0.29, 0.717) is 25.7 Å². The minimum Gasteiger partial charge on any atom is -0.462 e. The molecule has 0 heterocycles. The minimum absolute atomic E-state index is 0.00469. The predicted molar refractivity (Wildman–Crippen MR) is 146 cm³/mol. The first-order chi connectivity index (χ1) is 17.8. The van der Waals surface area contributed by atoms with Gasteiger partial charge in [-0.25, -0.2) is 0 Å². The van der Waals surface area contributed by atoms with Crippen LogP contribution in [0.25, 0.3) is 0 Å². The van der Waals surface area contributed by atoms with Crippen molar-refractivity contribution in [2.75, 3.05) is 0 Å². The lowest BCUT2D eigenvalue weighted by Crippen LogP contribution is -2.60. The molecule has 0 aromatic heterocycles. The van der Waals surface area contributed by atoms with Crippen molar-refractivity contribution in [3.05, 3.63) is 0 Å². The molecule has 12 unspecified atom stereocenters. The van der Waals surface area contributed by atoms with Crippen molar-refractivity contribution in [1.82, 2.24) is 0 Å². The Morgan fingerprint density at radius 2 is 1.72 bits per heavy atom. The maximum atomic E-state index is 13.0. The summed E-state index contributed by atoms with van der Waals surface area (Å²) in [7, 11) is 0. The molecule has 39 heavy (non-hydrogen) atoms. The van der Waals surface area contributed by atoms with Gasteiger partial charge in [-0.1, -0.05) is 34.6 Å². The summed E-state index contributed by atoms with van der Waals surface area (Å²) in [5.41, 5.74) is -2.21. The van der Waals surface area contributed by atoms with Crippen LogP contribution in [0.4, 0.5) is 0 Å². The summed E-state index contributed by atoms with van der Waals surface area (Å²) in [5.74, 6) is 0.134. The molecule has 5 saturated carbocycles. The minimum atomic E-state index is -1.43. The summed E-state index contributed by atoms with van der Waals surface area (Å²) in [6.45, 7) is 15.3. The first-order valence-electron chi connectivity index (χ1n) is 15.3. The zero-order chi connectivity index (χ0) is 29.1. The fraction of sp³-hybridized carbons (Fsp3) is 0.938. The van der Waals surface area contributed by atoms with E-state index in [-0.39, 0.29) is 63.2 Å². The first kappa shape index (κ1) is 29.5. The Balaban J connectivity index is 1.50. The third-order valence-corrected chi connectivity index (χ3v) is 13.5. The van der Waals surface area contributed by atoms with Crippen molar-refractivity contribution in [1.29, 1.82) is 0 Å². The number of hydrogen-bond acceptors (Lipinski definition) is 7. The SMILES string of the molecule is CC(=O)OC1CC2(C)C3CC(O)C4C(C)(C)C(=O)CCC45CC35CCC2(C)C1C(C)CC(O)C(O)C(C)(C)O. The summed E-state index contributed by atoms with van der Waals surface area (Å²) in [6, 6.07) is 0. The molecule has 0 aromatic rings. The average Bonchev–Trinajstić information content (AvgIpc) is 3.38. The second-order valence-corrected chi connectivity index (χ2v) is 16.1. The molecule has 7 heteroatoms. The molecular weight excluding hydrogens is 496 g/mol. The highest BCUT2D eigenvalue weighted by atomic mass is 16.5. The summed E-state index contributed by atoms with van der Waals surface area (Å²) >= 11 is 0. The van der Waals surface area contributed by atoms with Crippen molar-refractivity contribution < 1.29 is 34.8 Å². The van der Waals surface area contributed by atoms with Crippen LogP contribution in [0.2, 0.25) is 0 Å². The molecule has 2 spiro atoms. The number of rotatable bonds is 6. The zero-order valence-corrected chi connectivity index (χ0v) is 25.3. The van der Waals surface area contributed by atoms with Gasteiger partial charge in [-0.3, -0.25) is 9.59 Å². The number of esters is 1. The Labute approximate surface area is 234 Å². The number of hydrogen-bond donors (Lipinski definition) is 4. The van der Waals surface area contributed by atoms with E-state index in [9.17, 15) is 30.0 Å². The van der Waals surface area contributed by atoms with Gasteiger partial charge < -0.3 is 25.2 Å². The van der Waals surface area contributed by atoms with Crippen LogP contribution in [-0.2, 0) is 14.3 Å². The number of fused-ring (bicyclic) bond motifs is 2.